The standard InChI is InChI=1S/C27H28N4O/c1-18-7-4-9-21(13-18)15-22-14-20(3)28-23(16-22)25-10-6-12-31(25)27(32)24-17-30-11-5-8-19(2)26(30)29-24/h4-5,7-9,11,13-14,16-17,25H,6,10,12,15H2,1-3H3/t25-/m1/s1. The highest BCUT2D eigenvalue weighted by Gasteiger charge is 2.33. The van der Waals surface area contributed by atoms with Gasteiger partial charge in [-0.1, -0.05) is 35.9 Å². The predicted molar refractivity (Wildman–Crippen MR) is 126 cm³/mol. The summed E-state index contributed by atoms with van der Waals surface area (Å²) in [5.74, 6) is -0.0147. The van der Waals surface area contributed by atoms with Gasteiger partial charge in [0.25, 0.3) is 5.91 Å². The molecule has 4 aromatic rings. The largest absolute Gasteiger partial charge is 0.329 e. The van der Waals surface area contributed by atoms with Crippen LogP contribution in [-0.2, 0) is 6.42 Å². The third kappa shape index (κ3) is 3.91. The van der Waals surface area contributed by atoms with Gasteiger partial charge in [-0.2, -0.15) is 0 Å². The van der Waals surface area contributed by atoms with E-state index in [1.807, 2.05) is 47.7 Å². The summed E-state index contributed by atoms with van der Waals surface area (Å²) in [7, 11) is 0. The van der Waals surface area contributed by atoms with Crippen LogP contribution >= 0.6 is 0 Å². The minimum atomic E-state index is -0.0147. The molecule has 1 aromatic carbocycles. The van der Waals surface area contributed by atoms with Gasteiger partial charge in [0.05, 0.1) is 11.7 Å². The molecule has 5 rings (SSSR count). The van der Waals surface area contributed by atoms with E-state index in [-0.39, 0.29) is 11.9 Å². The van der Waals surface area contributed by atoms with Gasteiger partial charge in [0.15, 0.2) is 0 Å². The molecule has 0 bridgehead atoms. The molecule has 1 amide bonds. The predicted octanol–water partition coefficient (Wildman–Crippen LogP) is 5.22. The first-order chi connectivity index (χ1) is 15.5. The molecule has 4 heterocycles. The third-order valence-corrected chi connectivity index (χ3v) is 6.28. The Morgan fingerprint density at radius 1 is 1.03 bits per heavy atom. The van der Waals surface area contributed by atoms with Crippen molar-refractivity contribution in [2.45, 2.75) is 46.1 Å². The molecule has 0 spiro atoms. The Balaban J connectivity index is 1.44. The number of fused-ring (bicyclic) bond motifs is 1. The first-order valence-corrected chi connectivity index (χ1v) is 11.3. The van der Waals surface area contributed by atoms with Gasteiger partial charge < -0.3 is 9.30 Å². The fourth-order valence-corrected chi connectivity index (χ4v) is 4.82. The summed E-state index contributed by atoms with van der Waals surface area (Å²) in [4.78, 5) is 24.9. The van der Waals surface area contributed by atoms with Gasteiger partial charge in [0, 0.05) is 24.6 Å². The molecule has 5 heteroatoms. The van der Waals surface area contributed by atoms with Crippen LogP contribution in [0.3, 0.4) is 0 Å². The van der Waals surface area contributed by atoms with E-state index in [4.69, 9.17) is 4.98 Å². The van der Waals surface area contributed by atoms with E-state index >= 15 is 0 Å². The smallest absolute Gasteiger partial charge is 0.274 e. The molecule has 162 valence electrons. The van der Waals surface area contributed by atoms with Crippen molar-refractivity contribution in [3.63, 3.8) is 0 Å². The highest BCUT2D eigenvalue weighted by atomic mass is 16.2. The van der Waals surface area contributed by atoms with Crippen molar-refractivity contribution in [2.75, 3.05) is 6.54 Å². The van der Waals surface area contributed by atoms with E-state index in [2.05, 4.69) is 48.3 Å². The fraction of sp³-hybridized carbons (Fsp3) is 0.296. The minimum absolute atomic E-state index is 0.00966. The van der Waals surface area contributed by atoms with Crippen molar-refractivity contribution < 1.29 is 4.79 Å². The lowest BCUT2D eigenvalue weighted by Gasteiger charge is -2.24. The summed E-state index contributed by atoms with van der Waals surface area (Å²) in [6.45, 7) is 6.91. The van der Waals surface area contributed by atoms with Crippen molar-refractivity contribution in [3.05, 3.63) is 100 Å². The maximum atomic E-state index is 13.4. The number of carbonyl (C=O) groups is 1. The van der Waals surface area contributed by atoms with Crippen LogP contribution in [0.15, 0.2) is 60.9 Å². The maximum Gasteiger partial charge on any atom is 0.274 e. The Labute approximate surface area is 188 Å². The number of imidazole rings is 1. The Hall–Kier alpha value is -3.47. The quantitative estimate of drug-likeness (QED) is 0.451. The Bertz CT molecular complexity index is 1310. The maximum absolute atomic E-state index is 13.4. The summed E-state index contributed by atoms with van der Waals surface area (Å²) < 4.78 is 1.93. The van der Waals surface area contributed by atoms with E-state index in [9.17, 15) is 4.79 Å². The van der Waals surface area contributed by atoms with Gasteiger partial charge in [-0.25, -0.2) is 4.98 Å². The van der Waals surface area contributed by atoms with Crippen molar-refractivity contribution in [1.82, 2.24) is 19.3 Å². The van der Waals surface area contributed by atoms with Gasteiger partial charge in [-0.15, -0.1) is 0 Å². The van der Waals surface area contributed by atoms with Gasteiger partial charge in [0.2, 0.25) is 0 Å². The second kappa shape index (κ2) is 8.23. The molecule has 1 aliphatic heterocycles. The topological polar surface area (TPSA) is 50.5 Å². The molecule has 32 heavy (non-hydrogen) atoms. The number of benzene rings is 1. The molecular weight excluding hydrogens is 396 g/mol. The lowest BCUT2D eigenvalue weighted by Crippen LogP contribution is -2.31. The van der Waals surface area contributed by atoms with Crippen LogP contribution in [-0.4, -0.2) is 31.7 Å². The normalized spacial score (nSPS) is 16.1. The SMILES string of the molecule is Cc1cccc(Cc2cc(C)nc([C@H]3CCCN3C(=O)c3cn4cccc(C)c4n3)c2)c1. The number of hydrogen-bond donors (Lipinski definition) is 0. The van der Waals surface area contributed by atoms with Gasteiger partial charge in [-0.3, -0.25) is 9.78 Å². The molecule has 1 atom stereocenters. The second-order valence-electron chi connectivity index (χ2n) is 8.91. The number of nitrogens with zero attached hydrogens (tertiary/aromatic N) is 4. The highest BCUT2D eigenvalue weighted by molar-refractivity contribution is 5.93. The number of rotatable bonds is 4. The molecular formula is C27H28N4O. The number of amides is 1. The number of aryl methyl sites for hydroxylation is 3. The molecule has 0 radical (unpaired) electrons. The highest BCUT2D eigenvalue weighted by Crippen LogP contribution is 2.33. The Morgan fingerprint density at radius 3 is 2.72 bits per heavy atom. The Kier molecular flexibility index (Phi) is 5.25. The number of carbonyl (C=O) groups excluding carboxylic acids is 1. The minimum Gasteiger partial charge on any atom is -0.329 e. The summed E-state index contributed by atoms with van der Waals surface area (Å²) in [5, 5.41) is 0. The average molecular weight is 425 g/mol. The molecule has 3 aromatic heterocycles. The van der Waals surface area contributed by atoms with Gasteiger partial charge in [0.1, 0.15) is 11.3 Å². The first-order valence-electron chi connectivity index (χ1n) is 11.3. The number of aromatic nitrogens is 3. The summed E-state index contributed by atoms with van der Waals surface area (Å²) in [6.07, 6.45) is 6.55. The molecule has 0 saturated carbocycles. The zero-order chi connectivity index (χ0) is 22.2. The molecule has 0 unspecified atom stereocenters. The Morgan fingerprint density at radius 2 is 1.91 bits per heavy atom. The molecule has 0 aliphatic carbocycles. The second-order valence-corrected chi connectivity index (χ2v) is 8.91. The number of hydrogen-bond acceptors (Lipinski definition) is 3. The first kappa shape index (κ1) is 20.4. The number of likely N-dealkylation sites (tertiary alicyclic amines) is 1. The zero-order valence-electron chi connectivity index (χ0n) is 18.9. The van der Waals surface area contributed by atoms with Crippen LogP contribution in [0.25, 0.3) is 5.65 Å². The van der Waals surface area contributed by atoms with Crippen molar-refractivity contribution >= 4 is 11.6 Å². The molecule has 0 N–H and O–H groups in total. The van der Waals surface area contributed by atoms with Gasteiger partial charge >= 0.3 is 0 Å². The zero-order valence-corrected chi connectivity index (χ0v) is 18.9. The van der Waals surface area contributed by atoms with Crippen LogP contribution in [0.5, 0.6) is 0 Å². The van der Waals surface area contributed by atoms with Gasteiger partial charge in [-0.05, 0) is 74.9 Å². The lowest BCUT2D eigenvalue weighted by atomic mass is 10.0. The fourth-order valence-electron chi connectivity index (χ4n) is 4.82. The van der Waals surface area contributed by atoms with Crippen LogP contribution in [0.2, 0.25) is 0 Å². The van der Waals surface area contributed by atoms with Crippen molar-refractivity contribution in [1.29, 1.82) is 0 Å². The van der Waals surface area contributed by atoms with Crippen molar-refractivity contribution in [3.8, 4) is 0 Å². The monoisotopic (exact) mass is 424 g/mol. The van der Waals surface area contributed by atoms with Crippen molar-refractivity contribution in [2.24, 2.45) is 0 Å². The molecule has 5 nitrogen and oxygen atoms in total. The van der Waals surface area contributed by atoms with E-state index in [0.29, 0.717) is 5.69 Å². The molecule has 1 saturated heterocycles. The van der Waals surface area contributed by atoms with Crippen LogP contribution in [0, 0.1) is 20.8 Å². The van der Waals surface area contributed by atoms with E-state index in [1.54, 1.807) is 0 Å². The van der Waals surface area contributed by atoms with Crippen LogP contribution in [0.4, 0.5) is 0 Å². The molecule has 1 aliphatic rings. The van der Waals surface area contributed by atoms with E-state index in [0.717, 1.165) is 48.4 Å². The lowest BCUT2D eigenvalue weighted by molar-refractivity contribution is 0.0727. The average Bonchev–Trinajstić information content (AvgIpc) is 3.41. The number of pyridine rings is 2. The summed E-state index contributed by atoms with van der Waals surface area (Å²) >= 11 is 0. The molecule has 1 fully saturated rings. The summed E-state index contributed by atoms with van der Waals surface area (Å²) in [6, 6.07) is 16.9. The van der Waals surface area contributed by atoms with Crippen LogP contribution < -0.4 is 0 Å². The van der Waals surface area contributed by atoms with E-state index < -0.39 is 0 Å². The third-order valence-electron chi connectivity index (χ3n) is 6.28. The summed E-state index contributed by atoms with van der Waals surface area (Å²) in [5.41, 5.74) is 8.17. The van der Waals surface area contributed by atoms with Crippen LogP contribution in [0.1, 0.15) is 63.0 Å². The van der Waals surface area contributed by atoms with E-state index in [1.165, 1.54) is 16.7 Å².